The van der Waals surface area contributed by atoms with Gasteiger partial charge in [0.15, 0.2) is 0 Å². The fraction of sp³-hybridized carbons (Fsp3) is 0.659. The van der Waals surface area contributed by atoms with Gasteiger partial charge in [0, 0.05) is 19.4 Å². The third kappa shape index (κ3) is 12.7. The van der Waals surface area contributed by atoms with Crippen molar-refractivity contribution in [2.75, 3.05) is 6.54 Å². The van der Waals surface area contributed by atoms with Gasteiger partial charge in [-0.1, -0.05) is 85.7 Å². The lowest BCUT2D eigenvalue weighted by molar-refractivity contribution is -0.157. The number of nitrogens with zero attached hydrogens (tertiary/aromatic N) is 1. The summed E-state index contributed by atoms with van der Waals surface area (Å²) in [6.45, 7) is 15.4. The van der Waals surface area contributed by atoms with E-state index in [1.165, 1.54) is 11.8 Å². The first kappa shape index (κ1) is 46.4. The SMILES string of the molecule is CCCC(=O)NC(C(=O)NC1C(=O)NC(Cc2ccccc2)C(=O)N2CCCC2C(=O)NC(C(C)C)C(=O)NC(CC)C(=O)NC(C(C)C)C(=O)OC1C)C(C)C. The molecule has 6 N–H and O–H groups in total. The van der Waals surface area contributed by atoms with E-state index in [4.69, 9.17) is 4.74 Å². The minimum absolute atomic E-state index is 0.0175. The number of fused-ring (bicyclic) bond motifs is 1. The van der Waals surface area contributed by atoms with Crippen LogP contribution in [0.25, 0.3) is 0 Å². The molecule has 0 saturated carbocycles. The Balaban J connectivity index is 2.15. The molecule has 8 unspecified atom stereocenters. The number of carbonyl (C=O) groups excluding carboxylic acids is 8. The summed E-state index contributed by atoms with van der Waals surface area (Å²) in [6.07, 6.45) is 0.324. The van der Waals surface area contributed by atoms with Crippen LogP contribution in [0.2, 0.25) is 0 Å². The number of hydrogen-bond donors (Lipinski definition) is 6. The van der Waals surface area contributed by atoms with Gasteiger partial charge in [0.25, 0.3) is 0 Å². The van der Waals surface area contributed by atoms with Gasteiger partial charge in [-0.3, -0.25) is 33.6 Å². The van der Waals surface area contributed by atoms with Crippen LogP contribution >= 0.6 is 0 Å². The number of amides is 7. The van der Waals surface area contributed by atoms with Gasteiger partial charge >= 0.3 is 5.97 Å². The summed E-state index contributed by atoms with van der Waals surface area (Å²) in [4.78, 5) is 112. The molecule has 7 amide bonds. The van der Waals surface area contributed by atoms with E-state index < -0.39 is 108 Å². The number of carbonyl (C=O) groups is 8. The molecule has 2 saturated heterocycles. The average Bonchev–Trinajstić information content (AvgIpc) is 3.65. The van der Waals surface area contributed by atoms with Crippen LogP contribution in [0.4, 0.5) is 0 Å². The summed E-state index contributed by atoms with van der Waals surface area (Å²) in [5.74, 6) is -6.54. The predicted octanol–water partition coefficient (Wildman–Crippen LogP) is 1.25. The normalized spacial score (nSPS) is 26.2. The molecule has 0 spiro atoms. The van der Waals surface area contributed by atoms with E-state index in [0.717, 1.165) is 0 Å². The zero-order chi connectivity index (χ0) is 42.6. The second kappa shape index (κ2) is 21.5. The maximum Gasteiger partial charge on any atom is 0.329 e. The van der Waals surface area contributed by atoms with Crippen LogP contribution in [0.15, 0.2) is 30.3 Å². The Kier molecular flexibility index (Phi) is 17.5. The van der Waals surface area contributed by atoms with Crippen LogP contribution in [0.3, 0.4) is 0 Å². The van der Waals surface area contributed by atoms with Crippen molar-refractivity contribution in [2.45, 2.75) is 149 Å². The molecule has 2 heterocycles. The lowest BCUT2D eigenvalue weighted by atomic mass is 10.0. The van der Waals surface area contributed by atoms with Gasteiger partial charge in [-0.15, -0.1) is 0 Å². The van der Waals surface area contributed by atoms with Gasteiger partial charge < -0.3 is 41.5 Å². The molecule has 316 valence electrons. The molecule has 0 aromatic heterocycles. The highest BCUT2D eigenvalue weighted by molar-refractivity contribution is 5.98. The fourth-order valence-corrected chi connectivity index (χ4v) is 6.94. The molecule has 57 heavy (non-hydrogen) atoms. The van der Waals surface area contributed by atoms with Crippen LogP contribution in [0, 0.1) is 17.8 Å². The summed E-state index contributed by atoms with van der Waals surface area (Å²) in [7, 11) is 0. The molecule has 2 fully saturated rings. The molecule has 0 radical (unpaired) electrons. The number of hydrogen-bond acceptors (Lipinski definition) is 9. The average molecular weight is 798 g/mol. The van der Waals surface area contributed by atoms with Crippen molar-refractivity contribution in [1.29, 1.82) is 0 Å². The predicted molar refractivity (Wildman–Crippen MR) is 212 cm³/mol. The first-order chi connectivity index (χ1) is 26.9. The number of ether oxygens (including phenoxy) is 1. The molecule has 0 aliphatic carbocycles. The third-order valence-electron chi connectivity index (χ3n) is 10.3. The first-order valence-corrected chi connectivity index (χ1v) is 20.3. The number of rotatable bonds is 11. The summed E-state index contributed by atoms with van der Waals surface area (Å²) >= 11 is 0. The van der Waals surface area contributed by atoms with Crippen LogP contribution in [0.1, 0.15) is 100.0 Å². The molecular weight excluding hydrogens is 734 g/mol. The van der Waals surface area contributed by atoms with Crippen molar-refractivity contribution >= 4 is 47.3 Å². The number of benzene rings is 1. The van der Waals surface area contributed by atoms with E-state index in [1.807, 2.05) is 6.92 Å². The molecule has 2 aliphatic rings. The number of esters is 1. The molecule has 0 bridgehead atoms. The Morgan fingerprint density at radius 2 is 1.42 bits per heavy atom. The summed E-state index contributed by atoms with van der Waals surface area (Å²) < 4.78 is 5.83. The monoisotopic (exact) mass is 797 g/mol. The fourth-order valence-electron chi connectivity index (χ4n) is 6.94. The van der Waals surface area contributed by atoms with Gasteiger partial charge in [-0.2, -0.15) is 0 Å². The van der Waals surface area contributed by atoms with Gasteiger partial charge in [0.1, 0.15) is 48.4 Å². The lowest BCUT2D eigenvalue weighted by Gasteiger charge is -2.32. The molecule has 1 aromatic rings. The summed E-state index contributed by atoms with van der Waals surface area (Å²) in [5.41, 5.74) is 0.700. The zero-order valence-corrected chi connectivity index (χ0v) is 34.8. The van der Waals surface area contributed by atoms with E-state index in [2.05, 4.69) is 31.9 Å². The van der Waals surface area contributed by atoms with Crippen LogP contribution in [-0.2, 0) is 49.5 Å². The highest BCUT2D eigenvalue weighted by atomic mass is 16.5. The Morgan fingerprint density at radius 1 is 0.807 bits per heavy atom. The smallest absolute Gasteiger partial charge is 0.329 e. The second-order valence-electron chi connectivity index (χ2n) is 16.0. The number of cyclic esters (lactones) is 1. The van der Waals surface area contributed by atoms with E-state index >= 15 is 0 Å². The maximum absolute atomic E-state index is 14.5. The number of nitrogens with one attached hydrogen (secondary N) is 6. The molecule has 8 atom stereocenters. The summed E-state index contributed by atoms with van der Waals surface area (Å²) in [5, 5.41) is 16.4. The molecule has 1 aromatic carbocycles. The minimum Gasteiger partial charge on any atom is -0.458 e. The van der Waals surface area contributed by atoms with Crippen molar-refractivity contribution in [2.24, 2.45) is 17.8 Å². The minimum atomic E-state index is -1.57. The Labute approximate surface area is 336 Å². The molecule has 16 nitrogen and oxygen atoms in total. The Bertz CT molecular complexity index is 1600. The largest absolute Gasteiger partial charge is 0.458 e. The highest BCUT2D eigenvalue weighted by Gasteiger charge is 2.42. The van der Waals surface area contributed by atoms with Crippen molar-refractivity contribution in [1.82, 2.24) is 36.8 Å². The molecule has 2 aliphatic heterocycles. The van der Waals surface area contributed by atoms with Crippen LogP contribution < -0.4 is 31.9 Å². The first-order valence-electron chi connectivity index (χ1n) is 20.3. The van der Waals surface area contributed by atoms with Crippen LogP contribution in [-0.4, -0.2) is 107 Å². The topological polar surface area (TPSA) is 221 Å². The van der Waals surface area contributed by atoms with E-state index in [9.17, 15) is 38.4 Å². The molecule has 16 heteroatoms. The third-order valence-corrected chi connectivity index (χ3v) is 10.3. The lowest BCUT2D eigenvalue weighted by Crippen LogP contribution is -2.62. The Morgan fingerprint density at radius 3 is 2.00 bits per heavy atom. The maximum atomic E-state index is 14.5. The standard InChI is InChI=1S/C41H63N7O9/c1-10-16-30(49)44-31(22(3)4)38(53)47-34-25(9)57-41(56)33(24(7)8)46-35(50)27(11-2)42-37(52)32(23(5)6)45-36(51)29-19-15-20-48(29)40(55)28(43-39(34)54)21-26-17-13-12-14-18-26/h12-14,17-18,22-25,27-29,31-34H,10-11,15-16,19-21H2,1-9H3,(H,42,52)(H,43,54)(H,44,49)(H,45,51)(H,46,50)(H,47,53). The van der Waals surface area contributed by atoms with E-state index in [-0.39, 0.29) is 31.7 Å². The molecular formula is C41H63N7O9. The van der Waals surface area contributed by atoms with Gasteiger partial charge in [-0.25, -0.2) is 4.79 Å². The van der Waals surface area contributed by atoms with E-state index in [0.29, 0.717) is 24.8 Å². The van der Waals surface area contributed by atoms with Crippen LogP contribution in [0.5, 0.6) is 0 Å². The van der Waals surface area contributed by atoms with Crippen molar-refractivity contribution in [3.63, 3.8) is 0 Å². The van der Waals surface area contributed by atoms with Gasteiger partial charge in [-0.05, 0) is 55.9 Å². The zero-order valence-electron chi connectivity index (χ0n) is 34.8. The van der Waals surface area contributed by atoms with Gasteiger partial charge in [0.2, 0.25) is 41.4 Å². The highest BCUT2D eigenvalue weighted by Crippen LogP contribution is 2.21. The van der Waals surface area contributed by atoms with Gasteiger partial charge in [0.05, 0.1) is 0 Å². The van der Waals surface area contributed by atoms with Crippen molar-refractivity contribution < 1.29 is 43.1 Å². The summed E-state index contributed by atoms with van der Waals surface area (Å²) in [6, 6.07) is 0.740. The van der Waals surface area contributed by atoms with E-state index in [1.54, 1.807) is 78.8 Å². The quantitative estimate of drug-likeness (QED) is 0.177. The van der Waals surface area contributed by atoms with Crippen molar-refractivity contribution in [3.8, 4) is 0 Å². The van der Waals surface area contributed by atoms with Crippen molar-refractivity contribution in [3.05, 3.63) is 35.9 Å². The Hall–Kier alpha value is -5.02. The molecule has 3 rings (SSSR count). The second-order valence-corrected chi connectivity index (χ2v) is 16.0.